The molecule has 0 bridgehead atoms. The van der Waals surface area contributed by atoms with Crippen molar-refractivity contribution >= 4 is 40.0 Å². The zero-order valence-electron chi connectivity index (χ0n) is 17.3. The number of rotatable bonds is 4. The minimum atomic E-state index is -0.116. The Balaban J connectivity index is 1.31. The Morgan fingerprint density at radius 2 is 2.16 bits per heavy atom. The lowest BCUT2D eigenvalue weighted by molar-refractivity contribution is -0.113. The summed E-state index contributed by atoms with van der Waals surface area (Å²) in [5.74, 6) is 0.438. The first-order valence-electron chi connectivity index (χ1n) is 10.4. The minimum absolute atomic E-state index is 0.0611. The number of hydrogen-bond acceptors (Lipinski definition) is 6. The van der Waals surface area contributed by atoms with Gasteiger partial charge in [0.1, 0.15) is 5.82 Å². The van der Waals surface area contributed by atoms with Crippen LogP contribution in [0.3, 0.4) is 0 Å². The molecule has 6 nitrogen and oxygen atoms in total. The number of pyridine rings is 1. The molecule has 5 rings (SSSR count). The first kappa shape index (κ1) is 19.8. The molecular formula is C24H23N5OS. The summed E-state index contributed by atoms with van der Waals surface area (Å²) in [5.41, 5.74) is 5.00. The van der Waals surface area contributed by atoms with Crippen LogP contribution in [0.2, 0.25) is 0 Å². The molecule has 1 aromatic carbocycles. The normalized spacial score (nSPS) is 19.2. The predicted octanol–water partition coefficient (Wildman–Crippen LogP) is 4.33. The first-order chi connectivity index (χ1) is 15.2. The number of allylic oxidation sites excluding steroid dienone is 1. The van der Waals surface area contributed by atoms with E-state index in [9.17, 15) is 4.79 Å². The smallest absolute Gasteiger partial charge is 0.252 e. The van der Waals surface area contributed by atoms with Crippen LogP contribution >= 0.6 is 11.3 Å². The summed E-state index contributed by atoms with van der Waals surface area (Å²) in [4.78, 5) is 29.5. The maximum atomic E-state index is 12.9. The Kier molecular flexibility index (Phi) is 5.44. The number of benzene rings is 1. The SMILES string of the molecule is CN1CC=C(C2CC(C(=O)Nc3cc4cc(-c5cncs5)ccc4cn3)=CC=N2)CC1. The van der Waals surface area contributed by atoms with Gasteiger partial charge in [0, 0.05) is 49.1 Å². The second kappa shape index (κ2) is 8.53. The number of likely N-dealkylation sites (N-methyl/N-ethyl adjacent to an activating group) is 1. The number of amides is 1. The van der Waals surface area contributed by atoms with E-state index in [0.29, 0.717) is 12.2 Å². The van der Waals surface area contributed by atoms with Crippen molar-refractivity contribution in [1.29, 1.82) is 0 Å². The van der Waals surface area contributed by atoms with Gasteiger partial charge in [-0.25, -0.2) is 4.98 Å². The van der Waals surface area contributed by atoms with Crippen molar-refractivity contribution in [2.24, 2.45) is 4.99 Å². The third kappa shape index (κ3) is 4.33. The molecule has 0 aliphatic carbocycles. The standard InChI is InChI=1S/C24H23N5OS/c1-29-8-5-16(6-9-29)21-11-18(4-7-26-21)24(30)28-23-12-20-10-17(22-14-25-15-31-22)2-3-19(20)13-27-23/h2-5,7,10,12-15,21H,6,8-9,11H2,1H3,(H,27,28,30). The van der Waals surface area contributed by atoms with Crippen molar-refractivity contribution < 1.29 is 4.79 Å². The van der Waals surface area contributed by atoms with E-state index < -0.39 is 0 Å². The number of aliphatic imine (C=N–C) groups is 1. The van der Waals surface area contributed by atoms with E-state index >= 15 is 0 Å². The van der Waals surface area contributed by atoms with Crippen LogP contribution in [0.1, 0.15) is 12.8 Å². The number of anilines is 1. The van der Waals surface area contributed by atoms with Crippen LogP contribution in [0.5, 0.6) is 0 Å². The van der Waals surface area contributed by atoms with Gasteiger partial charge in [-0.05, 0) is 48.2 Å². The maximum absolute atomic E-state index is 12.9. The minimum Gasteiger partial charge on any atom is -0.307 e. The Labute approximate surface area is 185 Å². The quantitative estimate of drug-likeness (QED) is 0.627. The van der Waals surface area contributed by atoms with Gasteiger partial charge in [-0.2, -0.15) is 0 Å². The number of hydrogen-bond donors (Lipinski definition) is 1. The highest BCUT2D eigenvalue weighted by Gasteiger charge is 2.23. The van der Waals surface area contributed by atoms with Gasteiger partial charge in [-0.3, -0.25) is 14.8 Å². The molecule has 1 atom stereocenters. The summed E-state index contributed by atoms with van der Waals surface area (Å²) in [7, 11) is 2.12. The van der Waals surface area contributed by atoms with Crippen molar-refractivity contribution in [3.8, 4) is 10.4 Å². The Bertz CT molecular complexity index is 1210. The highest BCUT2D eigenvalue weighted by Crippen LogP contribution is 2.28. The molecule has 2 aliphatic rings. The lowest BCUT2D eigenvalue weighted by atomic mass is 9.93. The lowest BCUT2D eigenvalue weighted by Gasteiger charge is -2.27. The van der Waals surface area contributed by atoms with Gasteiger partial charge in [-0.1, -0.05) is 18.2 Å². The Morgan fingerprint density at radius 1 is 1.23 bits per heavy atom. The van der Waals surface area contributed by atoms with Crippen LogP contribution in [0.4, 0.5) is 5.82 Å². The molecule has 2 aromatic heterocycles. The van der Waals surface area contributed by atoms with Crippen LogP contribution in [-0.4, -0.2) is 53.2 Å². The molecule has 0 spiro atoms. The van der Waals surface area contributed by atoms with Gasteiger partial charge in [0.25, 0.3) is 5.91 Å². The van der Waals surface area contributed by atoms with E-state index in [2.05, 4.69) is 50.4 Å². The maximum Gasteiger partial charge on any atom is 0.252 e. The summed E-state index contributed by atoms with van der Waals surface area (Å²) >= 11 is 1.61. The van der Waals surface area contributed by atoms with Gasteiger partial charge >= 0.3 is 0 Å². The highest BCUT2D eigenvalue weighted by atomic mass is 32.1. The third-order valence-electron chi connectivity index (χ3n) is 5.80. The van der Waals surface area contributed by atoms with Crippen molar-refractivity contribution in [2.45, 2.75) is 18.9 Å². The average molecular weight is 430 g/mol. The molecule has 156 valence electrons. The molecule has 0 saturated heterocycles. The molecule has 4 heterocycles. The van der Waals surface area contributed by atoms with Crippen LogP contribution in [0, 0.1) is 0 Å². The zero-order chi connectivity index (χ0) is 21.2. The van der Waals surface area contributed by atoms with Gasteiger partial charge in [-0.15, -0.1) is 11.3 Å². The van der Waals surface area contributed by atoms with Crippen molar-refractivity contribution in [1.82, 2.24) is 14.9 Å². The van der Waals surface area contributed by atoms with Crippen molar-refractivity contribution in [3.05, 3.63) is 65.5 Å². The van der Waals surface area contributed by atoms with E-state index in [-0.39, 0.29) is 11.9 Å². The van der Waals surface area contributed by atoms with Crippen LogP contribution < -0.4 is 5.32 Å². The fourth-order valence-electron chi connectivity index (χ4n) is 3.97. The largest absolute Gasteiger partial charge is 0.307 e. The lowest BCUT2D eigenvalue weighted by Crippen LogP contribution is -2.29. The molecule has 1 N–H and O–H groups in total. The van der Waals surface area contributed by atoms with Crippen LogP contribution in [0.25, 0.3) is 21.2 Å². The van der Waals surface area contributed by atoms with Crippen molar-refractivity contribution in [3.63, 3.8) is 0 Å². The zero-order valence-corrected chi connectivity index (χ0v) is 18.1. The van der Waals surface area contributed by atoms with E-state index in [4.69, 9.17) is 0 Å². The summed E-state index contributed by atoms with van der Waals surface area (Å²) in [5, 5.41) is 5.04. The molecule has 0 saturated carbocycles. The summed E-state index contributed by atoms with van der Waals surface area (Å²) in [6, 6.07) is 8.20. The summed E-state index contributed by atoms with van der Waals surface area (Å²) < 4.78 is 0. The number of carbonyl (C=O) groups is 1. The van der Waals surface area contributed by atoms with E-state index in [1.807, 2.05) is 29.9 Å². The monoisotopic (exact) mass is 429 g/mol. The number of fused-ring (bicyclic) bond motifs is 1. The van der Waals surface area contributed by atoms with Crippen molar-refractivity contribution in [2.75, 3.05) is 25.5 Å². The fraction of sp³-hybridized carbons (Fsp3) is 0.250. The second-order valence-corrected chi connectivity index (χ2v) is 8.84. The Hall–Kier alpha value is -3.16. The molecule has 2 aliphatic heterocycles. The first-order valence-corrected chi connectivity index (χ1v) is 11.2. The van der Waals surface area contributed by atoms with Gasteiger partial charge < -0.3 is 10.2 Å². The Morgan fingerprint density at radius 3 is 2.97 bits per heavy atom. The van der Waals surface area contributed by atoms with Crippen LogP contribution in [-0.2, 0) is 4.79 Å². The van der Waals surface area contributed by atoms with E-state index in [1.165, 1.54) is 5.57 Å². The average Bonchev–Trinajstić information content (AvgIpc) is 3.34. The molecule has 0 fully saturated rings. The predicted molar refractivity (Wildman–Crippen MR) is 127 cm³/mol. The van der Waals surface area contributed by atoms with Gasteiger partial charge in [0.15, 0.2) is 0 Å². The molecule has 1 unspecified atom stereocenters. The van der Waals surface area contributed by atoms with E-state index in [1.54, 1.807) is 23.7 Å². The van der Waals surface area contributed by atoms with Crippen LogP contribution in [0.15, 0.2) is 70.5 Å². The van der Waals surface area contributed by atoms with Gasteiger partial charge in [0.2, 0.25) is 0 Å². The number of nitrogens with zero attached hydrogens (tertiary/aromatic N) is 4. The number of aromatic nitrogens is 2. The van der Waals surface area contributed by atoms with Gasteiger partial charge in [0.05, 0.1) is 16.4 Å². The number of nitrogens with one attached hydrogen (secondary N) is 1. The fourth-order valence-corrected chi connectivity index (χ4v) is 4.59. The number of carbonyl (C=O) groups excluding carboxylic acids is 1. The number of thiazole rings is 1. The molecular weight excluding hydrogens is 406 g/mol. The number of dihydropyridines is 1. The molecule has 31 heavy (non-hydrogen) atoms. The molecule has 0 radical (unpaired) electrons. The molecule has 1 amide bonds. The molecule has 3 aromatic rings. The highest BCUT2D eigenvalue weighted by molar-refractivity contribution is 7.13. The second-order valence-electron chi connectivity index (χ2n) is 7.95. The van der Waals surface area contributed by atoms with E-state index in [0.717, 1.165) is 46.3 Å². The molecule has 7 heteroatoms. The topological polar surface area (TPSA) is 70.5 Å². The third-order valence-corrected chi connectivity index (χ3v) is 6.62. The summed E-state index contributed by atoms with van der Waals surface area (Å²) in [6.45, 7) is 1.98. The summed E-state index contributed by atoms with van der Waals surface area (Å²) in [6.07, 6.45) is 11.1.